The van der Waals surface area contributed by atoms with E-state index in [1.165, 1.54) is 31.3 Å². The zero-order valence-corrected chi connectivity index (χ0v) is 13.1. The van der Waals surface area contributed by atoms with Crippen LogP contribution in [0, 0.1) is 3.57 Å². The van der Waals surface area contributed by atoms with Crippen LogP contribution in [0.15, 0.2) is 48.5 Å². The van der Waals surface area contributed by atoms with Crippen LogP contribution in [0.4, 0.5) is 0 Å². The topological polar surface area (TPSA) is 25.0 Å². The number of H-pyrrole nitrogens is 1. The van der Waals surface area contributed by atoms with Gasteiger partial charge in [-0.2, -0.15) is 0 Å². The monoisotopic (exact) mass is 375 g/mol. The highest BCUT2D eigenvalue weighted by Gasteiger charge is 2.26. The molecule has 4 rings (SSSR count). The number of halogens is 1. The zero-order valence-electron chi connectivity index (χ0n) is 10.9. The second-order valence-corrected chi connectivity index (χ2v) is 6.36. The van der Waals surface area contributed by atoms with Crippen LogP contribution in [0.5, 0.6) is 0 Å². The molecule has 1 aliphatic heterocycles. The van der Waals surface area contributed by atoms with Gasteiger partial charge in [-0.25, -0.2) is 0 Å². The maximum atomic E-state index is 6.04. The fourth-order valence-corrected chi connectivity index (χ4v) is 3.58. The van der Waals surface area contributed by atoms with Gasteiger partial charge in [-0.1, -0.05) is 30.3 Å². The average molecular weight is 375 g/mol. The summed E-state index contributed by atoms with van der Waals surface area (Å²) in [6, 6.07) is 17.1. The molecule has 20 heavy (non-hydrogen) atoms. The fraction of sp³-hybridized carbons (Fsp3) is 0.176. The Kier molecular flexibility index (Phi) is 3.04. The number of aromatic amines is 1. The minimum Gasteiger partial charge on any atom is -0.367 e. The number of rotatable bonds is 1. The molecule has 0 aliphatic carbocycles. The van der Waals surface area contributed by atoms with E-state index >= 15 is 0 Å². The predicted octanol–water partition coefficient (Wildman–Crippen LogP) is 4.43. The Morgan fingerprint density at radius 2 is 2.00 bits per heavy atom. The zero-order chi connectivity index (χ0) is 13.5. The van der Waals surface area contributed by atoms with Crippen molar-refractivity contribution in [2.45, 2.75) is 12.5 Å². The number of para-hydroxylation sites is 1. The first kappa shape index (κ1) is 12.4. The van der Waals surface area contributed by atoms with E-state index in [9.17, 15) is 0 Å². The minimum absolute atomic E-state index is 0.0286. The summed E-state index contributed by atoms with van der Waals surface area (Å²) in [4.78, 5) is 3.56. The molecule has 0 bridgehead atoms. The van der Waals surface area contributed by atoms with Gasteiger partial charge in [0.2, 0.25) is 0 Å². The van der Waals surface area contributed by atoms with Crippen LogP contribution in [0.2, 0.25) is 0 Å². The van der Waals surface area contributed by atoms with E-state index in [0.717, 1.165) is 13.0 Å². The molecule has 0 saturated carbocycles. The van der Waals surface area contributed by atoms with E-state index in [0.29, 0.717) is 0 Å². The molecule has 2 aromatic carbocycles. The summed E-state index contributed by atoms with van der Waals surface area (Å²) in [6.45, 7) is 0.783. The van der Waals surface area contributed by atoms with Gasteiger partial charge in [0, 0.05) is 14.5 Å². The van der Waals surface area contributed by atoms with Gasteiger partial charge < -0.3 is 9.72 Å². The van der Waals surface area contributed by atoms with Gasteiger partial charge in [0.25, 0.3) is 0 Å². The first-order chi connectivity index (χ1) is 9.83. The summed E-state index contributed by atoms with van der Waals surface area (Å²) < 4.78 is 7.28. The van der Waals surface area contributed by atoms with E-state index in [1.807, 2.05) is 0 Å². The van der Waals surface area contributed by atoms with Crippen molar-refractivity contribution in [3.05, 3.63) is 68.9 Å². The highest BCUT2D eigenvalue weighted by Crippen LogP contribution is 2.36. The van der Waals surface area contributed by atoms with Crippen molar-refractivity contribution < 1.29 is 4.74 Å². The maximum Gasteiger partial charge on any atom is 0.123 e. The van der Waals surface area contributed by atoms with E-state index in [4.69, 9.17) is 4.74 Å². The molecule has 0 unspecified atom stereocenters. The molecule has 0 saturated heterocycles. The fourth-order valence-electron chi connectivity index (χ4n) is 3.01. The number of hydrogen-bond donors (Lipinski definition) is 1. The Morgan fingerprint density at radius 3 is 2.90 bits per heavy atom. The molecule has 1 aliphatic rings. The lowest BCUT2D eigenvalue weighted by molar-refractivity contribution is 0.0677. The molecule has 100 valence electrons. The Hall–Kier alpha value is -1.33. The molecule has 3 heteroatoms. The van der Waals surface area contributed by atoms with E-state index < -0.39 is 0 Å². The van der Waals surface area contributed by atoms with Gasteiger partial charge >= 0.3 is 0 Å². The van der Waals surface area contributed by atoms with Crippen molar-refractivity contribution >= 4 is 33.5 Å². The second kappa shape index (κ2) is 4.90. The van der Waals surface area contributed by atoms with Crippen LogP contribution in [-0.4, -0.2) is 11.6 Å². The van der Waals surface area contributed by atoms with Crippen LogP contribution in [0.1, 0.15) is 22.9 Å². The lowest BCUT2D eigenvalue weighted by atomic mass is 9.98. The quantitative estimate of drug-likeness (QED) is 0.626. The number of aromatic nitrogens is 1. The Balaban J connectivity index is 1.90. The van der Waals surface area contributed by atoms with Crippen molar-refractivity contribution in [3.8, 4) is 0 Å². The van der Waals surface area contributed by atoms with Crippen molar-refractivity contribution in [3.63, 3.8) is 0 Å². The normalized spacial score (nSPS) is 18.1. The van der Waals surface area contributed by atoms with Crippen LogP contribution in [-0.2, 0) is 11.2 Å². The molecular formula is C17H14INO. The largest absolute Gasteiger partial charge is 0.367 e. The highest BCUT2D eigenvalue weighted by atomic mass is 127. The highest BCUT2D eigenvalue weighted by molar-refractivity contribution is 14.1. The summed E-state index contributed by atoms with van der Waals surface area (Å²) >= 11 is 2.35. The minimum atomic E-state index is 0.0286. The van der Waals surface area contributed by atoms with Crippen LogP contribution in [0.25, 0.3) is 10.9 Å². The summed E-state index contributed by atoms with van der Waals surface area (Å²) in [6.07, 6.45) is 1.01. The third-order valence-corrected chi connectivity index (χ3v) is 4.57. The second-order valence-electron chi connectivity index (χ2n) is 5.12. The van der Waals surface area contributed by atoms with Crippen LogP contribution >= 0.6 is 22.6 Å². The van der Waals surface area contributed by atoms with Crippen molar-refractivity contribution in [1.82, 2.24) is 4.98 Å². The molecule has 0 radical (unpaired) electrons. The lowest BCUT2D eigenvalue weighted by Crippen LogP contribution is -2.16. The van der Waals surface area contributed by atoms with Crippen molar-refractivity contribution in [1.29, 1.82) is 0 Å². The number of hydrogen-bond acceptors (Lipinski definition) is 1. The summed E-state index contributed by atoms with van der Waals surface area (Å²) in [5, 5.41) is 1.33. The molecule has 0 fully saturated rings. The molecule has 2 nitrogen and oxygen atoms in total. The van der Waals surface area contributed by atoms with Crippen molar-refractivity contribution in [2.75, 3.05) is 6.61 Å². The third-order valence-electron chi connectivity index (χ3n) is 3.90. The maximum absolute atomic E-state index is 6.04. The van der Waals surface area contributed by atoms with Gasteiger partial charge in [0.05, 0.1) is 12.3 Å². The summed E-state index contributed by atoms with van der Waals surface area (Å²) in [7, 11) is 0. The van der Waals surface area contributed by atoms with E-state index in [-0.39, 0.29) is 6.10 Å². The smallest absolute Gasteiger partial charge is 0.123 e. The summed E-state index contributed by atoms with van der Waals surface area (Å²) in [5.41, 5.74) is 5.07. The SMILES string of the molecule is Ic1cccc([C@H]2OCCc3c2[nH]c2ccccc32)c1. The van der Waals surface area contributed by atoms with Crippen molar-refractivity contribution in [2.24, 2.45) is 0 Å². The van der Waals surface area contributed by atoms with E-state index in [1.54, 1.807) is 0 Å². The Labute approximate surface area is 131 Å². The first-order valence-corrected chi connectivity index (χ1v) is 7.87. The Morgan fingerprint density at radius 1 is 1.10 bits per heavy atom. The van der Waals surface area contributed by atoms with Crippen LogP contribution in [0.3, 0.4) is 0 Å². The molecule has 1 aromatic heterocycles. The molecule has 0 amide bonds. The summed E-state index contributed by atoms with van der Waals surface area (Å²) in [5.74, 6) is 0. The predicted molar refractivity (Wildman–Crippen MR) is 89.0 cm³/mol. The van der Waals surface area contributed by atoms with E-state index in [2.05, 4.69) is 76.1 Å². The average Bonchev–Trinajstić information content (AvgIpc) is 2.86. The van der Waals surface area contributed by atoms with Gasteiger partial charge in [-0.3, -0.25) is 0 Å². The Bertz CT molecular complexity index is 778. The molecular weight excluding hydrogens is 361 g/mol. The van der Waals surface area contributed by atoms with Crippen LogP contribution < -0.4 is 0 Å². The number of benzene rings is 2. The molecule has 1 atom stereocenters. The molecule has 0 spiro atoms. The number of fused-ring (bicyclic) bond motifs is 3. The third kappa shape index (κ3) is 1.96. The first-order valence-electron chi connectivity index (χ1n) is 6.79. The van der Waals surface area contributed by atoms with Gasteiger partial charge in [0.15, 0.2) is 0 Å². The van der Waals surface area contributed by atoms with Gasteiger partial charge in [-0.15, -0.1) is 0 Å². The number of nitrogens with one attached hydrogen (secondary N) is 1. The number of ether oxygens (including phenoxy) is 1. The van der Waals surface area contributed by atoms with Gasteiger partial charge in [-0.05, 0) is 58.3 Å². The van der Waals surface area contributed by atoms with Gasteiger partial charge in [0.1, 0.15) is 6.10 Å². The molecule has 1 N–H and O–H groups in total. The molecule has 3 aromatic rings. The molecule has 2 heterocycles. The lowest BCUT2D eigenvalue weighted by Gasteiger charge is -2.24. The standard InChI is InChI=1S/C17H14INO/c18-12-5-3-4-11(10-12)17-16-14(8-9-20-17)13-6-1-2-7-15(13)19-16/h1-7,10,17,19H,8-9H2/t17-/m1/s1.